The molecule has 0 aromatic heterocycles. The van der Waals surface area contributed by atoms with Gasteiger partial charge in [-0.1, -0.05) is 6.08 Å². The van der Waals surface area contributed by atoms with E-state index in [9.17, 15) is 0 Å². The van der Waals surface area contributed by atoms with E-state index in [0.717, 1.165) is 12.3 Å². The molecule has 0 radical (unpaired) electrons. The first-order chi connectivity index (χ1) is 3.43. The minimum Gasteiger partial charge on any atom is -0.284 e. The van der Waals surface area contributed by atoms with Gasteiger partial charge in [-0.2, -0.15) is 0 Å². The molecular weight excluding hydrogens is 110 g/mol. The van der Waals surface area contributed by atoms with Gasteiger partial charge < -0.3 is 0 Å². The molecule has 1 heterocycles. The zero-order valence-electron chi connectivity index (χ0n) is 3.89. The summed E-state index contributed by atoms with van der Waals surface area (Å²) in [6, 6.07) is 0. The Morgan fingerprint density at radius 3 is 3.00 bits per heavy atom. The topological polar surface area (TPSA) is 12.4 Å². The lowest BCUT2D eigenvalue weighted by Gasteiger charge is -1.81. The minimum atomic E-state index is 0.552. The molecule has 0 unspecified atom stereocenters. The SMILES string of the molecule is ClCC1=NCC=C1. The zero-order valence-corrected chi connectivity index (χ0v) is 4.65. The molecular formula is C5H6ClN. The van der Waals surface area contributed by atoms with E-state index in [1.165, 1.54) is 0 Å². The van der Waals surface area contributed by atoms with Crippen LogP contribution in [0.5, 0.6) is 0 Å². The lowest BCUT2D eigenvalue weighted by molar-refractivity contribution is 1.28. The van der Waals surface area contributed by atoms with Gasteiger partial charge in [0.15, 0.2) is 0 Å². The quantitative estimate of drug-likeness (QED) is 0.456. The second-order valence-corrected chi connectivity index (χ2v) is 1.64. The molecule has 1 aliphatic rings. The lowest BCUT2D eigenvalue weighted by atomic mass is 10.4. The Morgan fingerprint density at radius 2 is 2.71 bits per heavy atom. The van der Waals surface area contributed by atoms with Crippen LogP contribution >= 0.6 is 11.6 Å². The summed E-state index contributed by atoms with van der Waals surface area (Å²) in [5.74, 6) is 0.552. The second-order valence-electron chi connectivity index (χ2n) is 1.37. The standard InChI is InChI=1S/C5H6ClN/c6-4-5-2-1-3-7-5/h1-2H,3-4H2. The fraction of sp³-hybridized carbons (Fsp3) is 0.400. The van der Waals surface area contributed by atoms with Gasteiger partial charge in [0.05, 0.1) is 12.4 Å². The maximum Gasteiger partial charge on any atom is 0.0642 e. The predicted molar refractivity (Wildman–Crippen MR) is 32.2 cm³/mol. The van der Waals surface area contributed by atoms with Gasteiger partial charge >= 0.3 is 0 Å². The molecule has 1 rings (SSSR count). The minimum absolute atomic E-state index is 0.552. The van der Waals surface area contributed by atoms with Gasteiger partial charge in [-0.15, -0.1) is 11.6 Å². The molecule has 1 aliphatic heterocycles. The highest BCUT2D eigenvalue weighted by molar-refractivity contribution is 6.30. The van der Waals surface area contributed by atoms with Crippen LogP contribution in [0.15, 0.2) is 17.1 Å². The number of aliphatic imine (C=N–C) groups is 1. The van der Waals surface area contributed by atoms with Crippen LogP contribution in [0.25, 0.3) is 0 Å². The van der Waals surface area contributed by atoms with Crippen molar-refractivity contribution >= 4 is 17.3 Å². The molecule has 0 saturated carbocycles. The normalized spacial score (nSPS) is 17.6. The molecule has 0 N–H and O–H groups in total. The molecule has 0 amide bonds. The van der Waals surface area contributed by atoms with Crippen molar-refractivity contribution < 1.29 is 0 Å². The average Bonchev–Trinajstić information content (AvgIpc) is 2.14. The molecule has 2 heteroatoms. The summed E-state index contributed by atoms with van der Waals surface area (Å²) in [6.45, 7) is 0.821. The summed E-state index contributed by atoms with van der Waals surface area (Å²) < 4.78 is 0. The molecule has 0 spiro atoms. The van der Waals surface area contributed by atoms with E-state index in [2.05, 4.69) is 4.99 Å². The monoisotopic (exact) mass is 115 g/mol. The summed E-state index contributed by atoms with van der Waals surface area (Å²) >= 11 is 5.43. The molecule has 0 aromatic rings. The van der Waals surface area contributed by atoms with Crippen LogP contribution in [-0.2, 0) is 0 Å². The number of hydrogen-bond donors (Lipinski definition) is 0. The van der Waals surface area contributed by atoms with E-state index in [4.69, 9.17) is 11.6 Å². The second kappa shape index (κ2) is 2.12. The van der Waals surface area contributed by atoms with Crippen molar-refractivity contribution in [3.63, 3.8) is 0 Å². The Kier molecular flexibility index (Phi) is 1.47. The van der Waals surface area contributed by atoms with E-state index in [-0.39, 0.29) is 0 Å². The molecule has 0 atom stereocenters. The number of rotatable bonds is 1. The zero-order chi connectivity index (χ0) is 5.11. The number of nitrogens with zero attached hydrogens (tertiary/aromatic N) is 1. The van der Waals surface area contributed by atoms with Gasteiger partial charge in [-0.05, 0) is 6.08 Å². The van der Waals surface area contributed by atoms with Crippen LogP contribution in [0.2, 0.25) is 0 Å². The van der Waals surface area contributed by atoms with Crippen LogP contribution in [0.3, 0.4) is 0 Å². The van der Waals surface area contributed by atoms with Crippen molar-refractivity contribution in [3.8, 4) is 0 Å². The first-order valence-electron chi connectivity index (χ1n) is 2.19. The van der Waals surface area contributed by atoms with Crippen molar-refractivity contribution in [1.82, 2.24) is 0 Å². The summed E-state index contributed by atoms with van der Waals surface area (Å²) in [5.41, 5.74) is 1.00. The van der Waals surface area contributed by atoms with Crippen molar-refractivity contribution in [2.24, 2.45) is 4.99 Å². The van der Waals surface area contributed by atoms with E-state index < -0.39 is 0 Å². The van der Waals surface area contributed by atoms with Gasteiger partial charge in [-0.25, -0.2) is 0 Å². The summed E-state index contributed by atoms with van der Waals surface area (Å²) in [4.78, 5) is 4.03. The highest BCUT2D eigenvalue weighted by Crippen LogP contribution is 1.94. The molecule has 0 saturated heterocycles. The van der Waals surface area contributed by atoms with Crippen molar-refractivity contribution in [2.45, 2.75) is 0 Å². The van der Waals surface area contributed by atoms with Crippen LogP contribution < -0.4 is 0 Å². The third-order valence-electron chi connectivity index (χ3n) is 0.847. The van der Waals surface area contributed by atoms with Crippen LogP contribution in [-0.4, -0.2) is 18.1 Å². The van der Waals surface area contributed by atoms with Crippen molar-refractivity contribution in [3.05, 3.63) is 12.2 Å². The van der Waals surface area contributed by atoms with Gasteiger partial charge in [0.2, 0.25) is 0 Å². The predicted octanol–water partition coefficient (Wildman–Crippen LogP) is 1.24. The number of halogens is 1. The Labute approximate surface area is 47.7 Å². The molecule has 7 heavy (non-hydrogen) atoms. The largest absolute Gasteiger partial charge is 0.284 e. The Bertz CT molecular complexity index is 115. The van der Waals surface area contributed by atoms with Gasteiger partial charge in [0.1, 0.15) is 0 Å². The van der Waals surface area contributed by atoms with E-state index in [0.29, 0.717) is 5.88 Å². The van der Waals surface area contributed by atoms with Crippen LogP contribution in [0.4, 0.5) is 0 Å². The fourth-order valence-electron chi connectivity index (χ4n) is 0.498. The molecule has 1 nitrogen and oxygen atoms in total. The van der Waals surface area contributed by atoms with Gasteiger partial charge in [-0.3, -0.25) is 4.99 Å². The maximum atomic E-state index is 5.43. The first kappa shape index (κ1) is 4.85. The summed E-state index contributed by atoms with van der Waals surface area (Å²) in [6.07, 6.45) is 3.95. The number of alkyl halides is 1. The Hall–Kier alpha value is -0.300. The third kappa shape index (κ3) is 1.03. The van der Waals surface area contributed by atoms with Gasteiger partial charge in [0.25, 0.3) is 0 Å². The highest BCUT2D eigenvalue weighted by atomic mass is 35.5. The molecule has 0 fully saturated rings. The molecule has 38 valence electrons. The van der Waals surface area contributed by atoms with Crippen LogP contribution in [0.1, 0.15) is 0 Å². The lowest BCUT2D eigenvalue weighted by Crippen LogP contribution is -1.88. The van der Waals surface area contributed by atoms with Crippen LogP contribution in [0, 0.1) is 0 Å². The Balaban J connectivity index is 2.52. The van der Waals surface area contributed by atoms with E-state index >= 15 is 0 Å². The fourth-order valence-corrected chi connectivity index (χ4v) is 0.672. The first-order valence-corrected chi connectivity index (χ1v) is 2.73. The highest BCUT2D eigenvalue weighted by Gasteiger charge is 1.93. The van der Waals surface area contributed by atoms with Gasteiger partial charge in [0, 0.05) is 5.71 Å². The average molecular weight is 116 g/mol. The third-order valence-corrected chi connectivity index (χ3v) is 1.12. The number of hydrogen-bond acceptors (Lipinski definition) is 1. The van der Waals surface area contributed by atoms with Crippen molar-refractivity contribution in [2.75, 3.05) is 12.4 Å². The maximum absolute atomic E-state index is 5.43. The van der Waals surface area contributed by atoms with Crippen molar-refractivity contribution in [1.29, 1.82) is 0 Å². The van der Waals surface area contributed by atoms with E-state index in [1.807, 2.05) is 12.2 Å². The molecule has 0 aliphatic carbocycles. The summed E-state index contributed by atoms with van der Waals surface area (Å²) in [7, 11) is 0. The molecule has 0 aromatic carbocycles. The smallest absolute Gasteiger partial charge is 0.0642 e. The van der Waals surface area contributed by atoms with E-state index in [1.54, 1.807) is 0 Å². The Morgan fingerprint density at radius 1 is 1.86 bits per heavy atom. The number of allylic oxidation sites excluding steroid dienone is 1. The summed E-state index contributed by atoms with van der Waals surface area (Å²) in [5, 5.41) is 0. The molecule has 0 bridgehead atoms.